The van der Waals surface area contributed by atoms with Crippen molar-refractivity contribution in [1.82, 2.24) is 10.2 Å². The van der Waals surface area contributed by atoms with E-state index in [1.165, 1.54) is 0 Å². The van der Waals surface area contributed by atoms with Gasteiger partial charge in [0.1, 0.15) is 12.3 Å². The first-order chi connectivity index (χ1) is 12.6. The van der Waals surface area contributed by atoms with Crippen molar-refractivity contribution in [2.24, 2.45) is 23.7 Å². The highest BCUT2D eigenvalue weighted by atomic mass is 16.5. The summed E-state index contributed by atoms with van der Waals surface area (Å²) >= 11 is 0. The van der Waals surface area contributed by atoms with Crippen molar-refractivity contribution in [2.45, 2.75) is 12.8 Å². The topological polar surface area (TPSA) is 75.7 Å². The van der Waals surface area contributed by atoms with E-state index < -0.39 is 0 Å². The number of hydrogen-bond donors (Lipinski definition) is 1. The van der Waals surface area contributed by atoms with E-state index in [0.717, 1.165) is 22.6 Å². The number of benzene rings is 1. The summed E-state index contributed by atoms with van der Waals surface area (Å²) < 4.78 is 5.29. The highest BCUT2D eigenvalue weighted by Crippen LogP contribution is 2.52. The van der Waals surface area contributed by atoms with Crippen molar-refractivity contribution in [1.29, 1.82) is 0 Å². The third-order valence-corrected chi connectivity index (χ3v) is 5.77. The van der Waals surface area contributed by atoms with Crippen molar-refractivity contribution >= 4 is 17.7 Å². The summed E-state index contributed by atoms with van der Waals surface area (Å²) in [5, 5.41) is 2.80. The standard InChI is InChI=1S/C20H22N2O4/c1-26-15-5-3-2-4-12(15)8-9-21-16(23)11-22-19(24)17-13-6-7-14(10-13)18(17)20(22)25/h2-7,13-14,17-18H,8-11H2,1H3,(H,21,23). The maximum absolute atomic E-state index is 12.6. The van der Waals surface area contributed by atoms with Crippen molar-refractivity contribution in [3.05, 3.63) is 42.0 Å². The van der Waals surface area contributed by atoms with Crippen LogP contribution in [0.15, 0.2) is 36.4 Å². The van der Waals surface area contributed by atoms with Crippen LogP contribution < -0.4 is 10.1 Å². The first kappa shape index (κ1) is 16.8. The van der Waals surface area contributed by atoms with Crippen LogP contribution in [0.1, 0.15) is 12.0 Å². The second-order valence-electron chi connectivity index (χ2n) is 7.17. The molecule has 1 heterocycles. The monoisotopic (exact) mass is 354 g/mol. The average Bonchev–Trinajstić information content (AvgIpc) is 3.32. The minimum absolute atomic E-state index is 0.167. The van der Waals surface area contributed by atoms with E-state index in [1.807, 2.05) is 36.4 Å². The molecule has 0 radical (unpaired) electrons. The molecule has 4 rings (SSSR count). The number of allylic oxidation sites excluding steroid dienone is 2. The van der Waals surface area contributed by atoms with Gasteiger partial charge in [-0.15, -0.1) is 0 Å². The molecule has 0 spiro atoms. The predicted molar refractivity (Wildman–Crippen MR) is 94.1 cm³/mol. The van der Waals surface area contributed by atoms with E-state index >= 15 is 0 Å². The van der Waals surface area contributed by atoms with Crippen molar-refractivity contribution in [3.8, 4) is 5.75 Å². The van der Waals surface area contributed by atoms with Gasteiger partial charge in [-0.25, -0.2) is 0 Å². The van der Waals surface area contributed by atoms with Crippen LogP contribution >= 0.6 is 0 Å². The van der Waals surface area contributed by atoms with Gasteiger partial charge in [-0.2, -0.15) is 0 Å². The van der Waals surface area contributed by atoms with E-state index in [2.05, 4.69) is 5.32 Å². The number of rotatable bonds is 6. The summed E-state index contributed by atoms with van der Waals surface area (Å²) in [7, 11) is 1.61. The fraction of sp³-hybridized carbons (Fsp3) is 0.450. The number of methoxy groups -OCH3 is 1. The molecule has 4 unspecified atom stereocenters. The zero-order chi connectivity index (χ0) is 18.3. The Bertz CT molecular complexity index is 758. The molecular formula is C20H22N2O4. The fourth-order valence-corrected chi connectivity index (χ4v) is 4.57. The van der Waals surface area contributed by atoms with Crippen LogP contribution in [0.5, 0.6) is 5.75 Å². The van der Waals surface area contributed by atoms with Crippen LogP contribution in [0, 0.1) is 23.7 Å². The van der Waals surface area contributed by atoms with Crippen molar-refractivity contribution < 1.29 is 19.1 Å². The van der Waals surface area contributed by atoms with Crippen LogP contribution in [0.3, 0.4) is 0 Å². The number of carbonyl (C=O) groups is 3. The Morgan fingerprint density at radius 3 is 2.46 bits per heavy atom. The lowest BCUT2D eigenvalue weighted by Crippen LogP contribution is -2.42. The fourth-order valence-electron chi connectivity index (χ4n) is 4.57. The quantitative estimate of drug-likeness (QED) is 0.614. The molecule has 1 saturated heterocycles. The number of ether oxygens (including phenoxy) is 1. The largest absolute Gasteiger partial charge is 0.496 e. The molecule has 1 aromatic carbocycles. The van der Waals surface area contributed by atoms with Crippen LogP contribution in [0.2, 0.25) is 0 Å². The van der Waals surface area contributed by atoms with Crippen molar-refractivity contribution in [3.63, 3.8) is 0 Å². The Kier molecular flexibility index (Phi) is 4.26. The molecule has 2 fully saturated rings. The Morgan fingerprint density at radius 1 is 1.15 bits per heavy atom. The molecule has 1 N–H and O–H groups in total. The summed E-state index contributed by atoms with van der Waals surface area (Å²) in [5.41, 5.74) is 1.00. The Hall–Kier alpha value is -2.63. The second kappa shape index (κ2) is 6.59. The van der Waals surface area contributed by atoms with Gasteiger partial charge in [-0.05, 0) is 36.3 Å². The van der Waals surface area contributed by atoms with E-state index in [4.69, 9.17) is 4.74 Å². The van der Waals surface area contributed by atoms with Crippen LogP contribution in [-0.4, -0.2) is 42.8 Å². The molecule has 0 aromatic heterocycles. The number of nitrogens with one attached hydrogen (secondary N) is 1. The van der Waals surface area contributed by atoms with Crippen molar-refractivity contribution in [2.75, 3.05) is 20.2 Å². The number of carbonyl (C=O) groups excluding carboxylic acids is 3. The molecule has 3 amide bonds. The molecule has 4 atom stereocenters. The summed E-state index contributed by atoms with van der Waals surface area (Å²) in [6, 6.07) is 7.63. The SMILES string of the molecule is COc1ccccc1CCNC(=O)CN1C(=O)C2C3C=CC(C3)C2C1=O. The maximum atomic E-state index is 12.6. The number of nitrogens with zero attached hydrogens (tertiary/aromatic N) is 1. The molecule has 3 aliphatic rings. The Labute approximate surface area is 152 Å². The van der Waals surface area contributed by atoms with Crippen LogP contribution in [-0.2, 0) is 20.8 Å². The Balaban J connectivity index is 1.32. The van der Waals surface area contributed by atoms with Gasteiger partial charge in [0.15, 0.2) is 0 Å². The lowest BCUT2D eigenvalue weighted by Gasteiger charge is -2.17. The summed E-state index contributed by atoms with van der Waals surface area (Å²) in [5.74, 6) is -0.0596. The Morgan fingerprint density at radius 2 is 1.81 bits per heavy atom. The minimum atomic E-state index is -0.304. The highest BCUT2D eigenvalue weighted by molar-refractivity contribution is 6.08. The predicted octanol–water partition coefficient (Wildman–Crippen LogP) is 1.16. The maximum Gasteiger partial charge on any atom is 0.240 e. The van der Waals surface area contributed by atoms with E-state index in [0.29, 0.717) is 13.0 Å². The number of imide groups is 1. The van der Waals surface area contributed by atoms with Gasteiger partial charge in [0, 0.05) is 6.54 Å². The van der Waals surface area contributed by atoms with Crippen LogP contribution in [0.25, 0.3) is 0 Å². The molecule has 136 valence electrons. The summed E-state index contributed by atoms with van der Waals surface area (Å²) in [4.78, 5) is 38.5. The van der Waals surface area contributed by atoms with Gasteiger partial charge < -0.3 is 10.1 Å². The average molecular weight is 354 g/mol. The molecule has 2 aliphatic carbocycles. The first-order valence-corrected chi connectivity index (χ1v) is 9.02. The van der Waals surface area contributed by atoms with Gasteiger partial charge in [0.05, 0.1) is 18.9 Å². The third-order valence-electron chi connectivity index (χ3n) is 5.77. The lowest BCUT2D eigenvalue weighted by molar-refractivity contribution is -0.144. The molecule has 26 heavy (non-hydrogen) atoms. The number of fused-ring (bicyclic) bond motifs is 5. The number of amides is 3. The summed E-state index contributed by atoms with van der Waals surface area (Å²) in [6.45, 7) is 0.241. The number of para-hydroxylation sites is 1. The molecule has 2 bridgehead atoms. The summed E-state index contributed by atoms with van der Waals surface area (Å²) in [6.07, 6.45) is 5.62. The van der Waals surface area contributed by atoms with Gasteiger partial charge in [0.25, 0.3) is 0 Å². The highest BCUT2D eigenvalue weighted by Gasteiger charge is 2.59. The lowest BCUT2D eigenvalue weighted by atomic mass is 9.85. The van der Waals surface area contributed by atoms with E-state index in [-0.39, 0.29) is 47.9 Å². The molecular weight excluding hydrogens is 332 g/mol. The van der Waals surface area contributed by atoms with Gasteiger partial charge in [-0.1, -0.05) is 30.4 Å². The van der Waals surface area contributed by atoms with E-state index in [1.54, 1.807) is 7.11 Å². The second-order valence-corrected chi connectivity index (χ2v) is 7.17. The smallest absolute Gasteiger partial charge is 0.240 e. The van der Waals surface area contributed by atoms with Gasteiger partial charge >= 0.3 is 0 Å². The molecule has 1 aliphatic heterocycles. The number of likely N-dealkylation sites (tertiary alicyclic amines) is 1. The van der Waals surface area contributed by atoms with Gasteiger partial charge in [0.2, 0.25) is 17.7 Å². The van der Waals surface area contributed by atoms with Gasteiger partial charge in [-0.3, -0.25) is 19.3 Å². The number of hydrogen-bond acceptors (Lipinski definition) is 4. The molecule has 6 heteroatoms. The normalized spacial score (nSPS) is 28.6. The third kappa shape index (κ3) is 2.69. The molecule has 1 aromatic rings. The first-order valence-electron chi connectivity index (χ1n) is 9.02. The minimum Gasteiger partial charge on any atom is -0.496 e. The molecule has 1 saturated carbocycles. The van der Waals surface area contributed by atoms with E-state index in [9.17, 15) is 14.4 Å². The zero-order valence-corrected chi connectivity index (χ0v) is 14.7. The molecule has 6 nitrogen and oxygen atoms in total. The van der Waals surface area contributed by atoms with Crippen LogP contribution in [0.4, 0.5) is 0 Å². The zero-order valence-electron chi connectivity index (χ0n) is 14.7.